The number of likely N-dealkylation sites (tertiary alicyclic amines) is 1. The number of amides is 4. The molecule has 8 atom stereocenters. The maximum atomic E-state index is 14.5. The van der Waals surface area contributed by atoms with E-state index in [1.807, 2.05) is 79.9 Å². The molecule has 2 unspecified atom stereocenters. The second-order valence-corrected chi connectivity index (χ2v) is 16.4. The number of tetrazole rings is 1. The van der Waals surface area contributed by atoms with Gasteiger partial charge in [-0.05, 0) is 30.2 Å². The lowest BCUT2D eigenvalue weighted by atomic mass is 9.89. The molecule has 2 aromatic rings. The SMILES string of the molecule is CC[C@H](C)[C@@H]([C@@H](CC(=O)N1CCCC1[C@H](OC)[C@@H](C)C(=O)N[C@@H](Cc1ccccc1)c1nn[nH]n1)OC)N(C)C(=O)C(N=C(N(C)C)N1CCN(C(=O)O)CC1)C(C)C. The van der Waals surface area contributed by atoms with E-state index >= 15 is 0 Å². The number of nitrogens with zero attached hydrogens (tertiary/aromatic N) is 9. The van der Waals surface area contributed by atoms with E-state index in [-0.39, 0.29) is 42.0 Å². The van der Waals surface area contributed by atoms with Crippen molar-refractivity contribution in [2.24, 2.45) is 22.7 Å². The number of aromatic amines is 1. The van der Waals surface area contributed by atoms with Crippen molar-refractivity contribution in [3.63, 3.8) is 0 Å². The van der Waals surface area contributed by atoms with Gasteiger partial charge in [0.2, 0.25) is 17.7 Å². The molecule has 0 saturated carbocycles. The number of H-pyrrole nitrogens is 1. The van der Waals surface area contributed by atoms with Gasteiger partial charge in [-0.1, -0.05) is 76.6 Å². The van der Waals surface area contributed by atoms with Crippen molar-refractivity contribution < 1.29 is 33.8 Å². The minimum Gasteiger partial charge on any atom is -0.465 e. The number of ether oxygens (including phenoxy) is 2. The van der Waals surface area contributed by atoms with Crippen molar-refractivity contribution in [3.05, 3.63) is 41.7 Å². The van der Waals surface area contributed by atoms with Crippen molar-refractivity contribution in [2.45, 2.75) is 103 Å². The maximum Gasteiger partial charge on any atom is 0.407 e. The molecule has 59 heavy (non-hydrogen) atoms. The van der Waals surface area contributed by atoms with Gasteiger partial charge in [0, 0.05) is 74.5 Å². The van der Waals surface area contributed by atoms with Gasteiger partial charge in [0.15, 0.2) is 11.8 Å². The number of likely N-dealkylation sites (N-methyl/N-ethyl adjacent to an activating group) is 1. The van der Waals surface area contributed by atoms with Crippen LogP contribution in [-0.4, -0.2) is 178 Å². The van der Waals surface area contributed by atoms with E-state index in [4.69, 9.17) is 14.5 Å². The molecule has 0 bridgehead atoms. The Bertz CT molecular complexity index is 1670. The summed E-state index contributed by atoms with van der Waals surface area (Å²) in [6.45, 7) is 12.0. The molecule has 2 aliphatic rings. The number of piperazine rings is 1. The Labute approximate surface area is 349 Å². The van der Waals surface area contributed by atoms with Crippen molar-refractivity contribution in [1.82, 2.24) is 50.4 Å². The molecule has 1 aromatic carbocycles. The van der Waals surface area contributed by atoms with Gasteiger partial charge in [0.25, 0.3) is 0 Å². The molecule has 2 aliphatic heterocycles. The molecular formula is C41H67N11O7. The zero-order chi connectivity index (χ0) is 43.4. The molecule has 3 heterocycles. The van der Waals surface area contributed by atoms with Crippen molar-refractivity contribution in [3.8, 4) is 0 Å². The van der Waals surface area contributed by atoms with Crippen molar-refractivity contribution >= 4 is 29.8 Å². The monoisotopic (exact) mass is 826 g/mol. The van der Waals surface area contributed by atoms with Crippen LogP contribution in [0.3, 0.4) is 0 Å². The number of hydrogen-bond acceptors (Lipinski definition) is 10. The molecule has 4 rings (SSSR count). The minimum absolute atomic E-state index is 0.0243. The highest BCUT2D eigenvalue weighted by atomic mass is 16.5. The lowest BCUT2D eigenvalue weighted by Crippen LogP contribution is -2.56. The number of carbonyl (C=O) groups is 4. The van der Waals surface area contributed by atoms with Crippen molar-refractivity contribution in [1.29, 1.82) is 0 Å². The first-order valence-corrected chi connectivity index (χ1v) is 20.8. The Kier molecular flexibility index (Phi) is 17.4. The highest BCUT2D eigenvalue weighted by Gasteiger charge is 2.43. The third-order valence-electron chi connectivity index (χ3n) is 11.9. The van der Waals surface area contributed by atoms with Crippen LogP contribution in [0.5, 0.6) is 0 Å². The van der Waals surface area contributed by atoms with Crippen LogP contribution in [0.2, 0.25) is 0 Å². The summed E-state index contributed by atoms with van der Waals surface area (Å²) in [5.74, 6) is -0.395. The van der Waals surface area contributed by atoms with E-state index in [0.29, 0.717) is 57.3 Å². The summed E-state index contributed by atoms with van der Waals surface area (Å²) in [6.07, 6.45) is 0.474. The topological polar surface area (TPSA) is 202 Å². The number of carbonyl (C=O) groups excluding carboxylic acids is 3. The average Bonchev–Trinajstić information content (AvgIpc) is 3.94. The van der Waals surface area contributed by atoms with E-state index in [2.05, 4.69) is 39.8 Å². The molecular weight excluding hydrogens is 759 g/mol. The fraction of sp³-hybridized carbons (Fsp3) is 0.707. The van der Waals surface area contributed by atoms with Gasteiger partial charge in [0.1, 0.15) is 6.04 Å². The largest absolute Gasteiger partial charge is 0.465 e. The van der Waals surface area contributed by atoms with Gasteiger partial charge in [0.05, 0.1) is 42.7 Å². The standard InChI is InChI=1S/C41H67N11O7/c1-11-27(4)35(49(8)39(55)34(26(2)3)43-40(48(6)7)50-20-22-51(23-21-50)41(56)57)32(58-9)25-33(53)52-19-15-18-31(52)36(59-10)28(5)38(54)42-30(37-44-46-47-45-37)24-29-16-13-12-14-17-29/h12-14,16-17,26-28,30-32,34-36H,11,15,18-25H2,1-10H3,(H,42,54)(H,56,57)(H,44,45,46,47)/t27-,28+,30-,31?,32+,34?,35-,36+/m0/s1. The first-order valence-electron chi connectivity index (χ1n) is 20.8. The van der Waals surface area contributed by atoms with Crippen LogP contribution in [0.25, 0.3) is 0 Å². The number of guanidine groups is 1. The van der Waals surface area contributed by atoms with Gasteiger partial charge in [-0.3, -0.25) is 14.4 Å². The third-order valence-corrected chi connectivity index (χ3v) is 11.9. The highest BCUT2D eigenvalue weighted by molar-refractivity contribution is 5.88. The Morgan fingerprint density at radius 2 is 1.64 bits per heavy atom. The summed E-state index contributed by atoms with van der Waals surface area (Å²) >= 11 is 0. The summed E-state index contributed by atoms with van der Waals surface area (Å²) < 4.78 is 12.1. The van der Waals surface area contributed by atoms with Crippen molar-refractivity contribution in [2.75, 3.05) is 68.1 Å². The third kappa shape index (κ3) is 11.9. The number of methoxy groups -OCH3 is 2. The smallest absolute Gasteiger partial charge is 0.407 e. The van der Waals surface area contributed by atoms with Crippen LogP contribution in [0.15, 0.2) is 35.3 Å². The number of rotatable bonds is 18. The Balaban J connectivity index is 1.51. The number of carboxylic acid groups (broad SMARTS) is 1. The molecule has 2 fully saturated rings. The Morgan fingerprint density at radius 1 is 0.983 bits per heavy atom. The van der Waals surface area contributed by atoms with Gasteiger partial charge in [-0.2, -0.15) is 5.21 Å². The van der Waals surface area contributed by atoms with E-state index in [1.165, 1.54) is 4.90 Å². The van der Waals surface area contributed by atoms with Gasteiger partial charge >= 0.3 is 6.09 Å². The zero-order valence-corrected chi connectivity index (χ0v) is 36.6. The molecule has 4 amide bonds. The molecule has 0 aliphatic carbocycles. The van der Waals surface area contributed by atoms with E-state index < -0.39 is 42.3 Å². The maximum absolute atomic E-state index is 14.5. The average molecular weight is 826 g/mol. The zero-order valence-electron chi connectivity index (χ0n) is 36.6. The lowest BCUT2D eigenvalue weighted by Gasteiger charge is -2.41. The quantitative estimate of drug-likeness (QED) is 0.147. The summed E-state index contributed by atoms with van der Waals surface area (Å²) in [5, 5.41) is 27.0. The molecule has 328 valence electrons. The Hall–Kier alpha value is -4.84. The molecule has 18 heteroatoms. The predicted octanol–water partition coefficient (Wildman–Crippen LogP) is 2.76. The number of benzene rings is 1. The van der Waals surface area contributed by atoms with Gasteiger partial charge in [-0.25, -0.2) is 9.79 Å². The predicted molar refractivity (Wildman–Crippen MR) is 222 cm³/mol. The summed E-state index contributed by atoms with van der Waals surface area (Å²) in [7, 11) is 8.65. The Morgan fingerprint density at radius 3 is 2.19 bits per heavy atom. The van der Waals surface area contributed by atoms with Crippen LogP contribution >= 0.6 is 0 Å². The molecule has 1 aromatic heterocycles. The molecule has 3 N–H and O–H groups in total. The first-order chi connectivity index (χ1) is 28.1. The number of aromatic nitrogens is 4. The van der Waals surface area contributed by atoms with Crippen LogP contribution in [-0.2, 0) is 30.3 Å². The molecule has 18 nitrogen and oxygen atoms in total. The number of nitrogens with one attached hydrogen (secondary N) is 2. The van der Waals surface area contributed by atoms with Gasteiger partial charge < -0.3 is 44.4 Å². The second-order valence-electron chi connectivity index (χ2n) is 16.4. The van der Waals surface area contributed by atoms with Crippen LogP contribution in [0, 0.1) is 17.8 Å². The molecule has 2 saturated heterocycles. The fourth-order valence-corrected chi connectivity index (χ4v) is 8.38. The number of aliphatic imine (C=N–C) groups is 1. The molecule has 0 spiro atoms. The number of hydrogen-bond donors (Lipinski definition) is 3. The van der Waals surface area contributed by atoms with Crippen LogP contribution in [0.4, 0.5) is 4.79 Å². The van der Waals surface area contributed by atoms with Crippen LogP contribution < -0.4 is 5.32 Å². The summed E-state index contributed by atoms with van der Waals surface area (Å²) in [4.78, 5) is 68.2. The normalized spacial score (nSPS) is 19.7. The summed E-state index contributed by atoms with van der Waals surface area (Å²) in [6, 6.07) is 7.68. The van der Waals surface area contributed by atoms with Gasteiger partial charge in [-0.15, -0.1) is 10.2 Å². The van der Waals surface area contributed by atoms with E-state index in [9.17, 15) is 24.3 Å². The molecule has 0 radical (unpaired) electrons. The van der Waals surface area contributed by atoms with E-state index in [0.717, 1.165) is 18.4 Å². The summed E-state index contributed by atoms with van der Waals surface area (Å²) in [5.41, 5.74) is 1.00. The highest BCUT2D eigenvalue weighted by Crippen LogP contribution is 2.30. The lowest BCUT2D eigenvalue weighted by molar-refractivity contribution is -0.146. The fourth-order valence-electron chi connectivity index (χ4n) is 8.38. The first kappa shape index (κ1) is 46.8. The van der Waals surface area contributed by atoms with Crippen LogP contribution in [0.1, 0.15) is 77.7 Å². The second kappa shape index (κ2) is 22.0. The van der Waals surface area contributed by atoms with E-state index in [1.54, 1.807) is 26.2 Å². The minimum atomic E-state index is -0.950.